The Hall–Kier alpha value is -2.77. The van der Waals surface area contributed by atoms with Gasteiger partial charge >= 0.3 is 18.0 Å². The maximum absolute atomic E-state index is 12.6. The number of esters is 1. The smallest absolute Gasteiger partial charge is 0.415 e. The summed E-state index contributed by atoms with van der Waals surface area (Å²) in [6.07, 6.45) is -0.705. The number of hydrogen-bond donors (Lipinski definition) is 2. The number of nitrogens with one attached hydrogen (secondary N) is 1. The Labute approximate surface area is 159 Å². The Balaban J connectivity index is 3.09. The van der Waals surface area contributed by atoms with Gasteiger partial charge in [0.25, 0.3) is 0 Å². The first-order valence-electron chi connectivity index (χ1n) is 8.55. The highest BCUT2D eigenvalue weighted by molar-refractivity contribution is 5.94. The highest BCUT2D eigenvalue weighted by Gasteiger charge is 2.27. The maximum Gasteiger partial charge on any atom is 0.415 e. The number of carboxylic acid groups (broad SMARTS) is 1. The van der Waals surface area contributed by atoms with Gasteiger partial charge in [-0.05, 0) is 59.7 Å². The van der Waals surface area contributed by atoms with Gasteiger partial charge in [0.15, 0.2) is 0 Å². The summed E-state index contributed by atoms with van der Waals surface area (Å²) in [5.41, 5.74) is -0.567. The van der Waals surface area contributed by atoms with Crippen molar-refractivity contribution >= 4 is 29.4 Å². The number of ether oxygens (including phenoxy) is 2. The number of carbonyl (C=O) groups excluding carboxylic acids is 2. The van der Waals surface area contributed by atoms with E-state index >= 15 is 0 Å². The molecule has 0 spiro atoms. The van der Waals surface area contributed by atoms with Crippen LogP contribution >= 0.6 is 0 Å². The Morgan fingerprint density at radius 1 is 1.04 bits per heavy atom. The van der Waals surface area contributed by atoms with Gasteiger partial charge in [0.05, 0.1) is 0 Å². The normalized spacial score (nSPS) is 11.5. The lowest BCUT2D eigenvalue weighted by atomic mass is 10.2. The summed E-state index contributed by atoms with van der Waals surface area (Å²) >= 11 is 0. The molecule has 0 unspecified atom stereocenters. The number of hydrogen-bond acceptors (Lipinski definition) is 6. The van der Waals surface area contributed by atoms with Crippen molar-refractivity contribution in [1.29, 1.82) is 0 Å². The quantitative estimate of drug-likeness (QED) is 0.730. The zero-order valence-corrected chi connectivity index (χ0v) is 16.7. The molecule has 0 heterocycles. The summed E-state index contributed by atoms with van der Waals surface area (Å²) in [6.45, 7) is 9.76. The average Bonchev–Trinajstić information content (AvgIpc) is 2.47. The second-order valence-corrected chi connectivity index (χ2v) is 7.95. The number of rotatable bonds is 6. The van der Waals surface area contributed by atoms with Gasteiger partial charge in [-0.25, -0.2) is 4.79 Å². The van der Waals surface area contributed by atoms with Gasteiger partial charge in [-0.2, -0.15) is 0 Å². The molecule has 1 aromatic carbocycles. The van der Waals surface area contributed by atoms with E-state index in [1.807, 2.05) is 0 Å². The number of carboxylic acids is 1. The molecular formula is C19H28N2O6. The summed E-state index contributed by atoms with van der Waals surface area (Å²) < 4.78 is 10.7. The van der Waals surface area contributed by atoms with Crippen LogP contribution in [0.2, 0.25) is 0 Å². The topological polar surface area (TPSA) is 105 Å². The first-order chi connectivity index (χ1) is 12.3. The van der Waals surface area contributed by atoms with Crippen LogP contribution in [-0.2, 0) is 19.1 Å². The molecule has 0 aliphatic carbocycles. The minimum Gasteiger partial charge on any atom is -0.480 e. The predicted octanol–water partition coefficient (Wildman–Crippen LogP) is 3.27. The number of benzene rings is 1. The maximum atomic E-state index is 12.6. The van der Waals surface area contributed by atoms with Crippen LogP contribution in [0.4, 0.5) is 16.2 Å². The second kappa shape index (κ2) is 8.75. The van der Waals surface area contributed by atoms with Crippen LogP contribution in [0, 0.1) is 0 Å². The fraction of sp³-hybridized carbons (Fsp3) is 0.526. The molecule has 0 aliphatic heterocycles. The van der Waals surface area contributed by atoms with E-state index in [0.717, 1.165) is 4.90 Å². The molecule has 1 aromatic rings. The van der Waals surface area contributed by atoms with E-state index in [4.69, 9.17) is 14.6 Å². The van der Waals surface area contributed by atoms with Crippen molar-refractivity contribution in [2.24, 2.45) is 0 Å². The van der Waals surface area contributed by atoms with Crippen LogP contribution in [-0.4, -0.2) is 47.4 Å². The number of nitrogens with zero attached hydrogens (tertiary/aromatic N) is 1. The summed E-state index contributed by atoms with van der Waals surface area (Å²) in [4.78, 5) is 36.8. The number of carbonyl (C=O) groups is 3. The Bertz CT molecular complexity index is 688. The molecule has 150 valence electrons. The molecule has 0 radical (unpaired) electrons. The van der Waals surface area contributed by atoms with Gasteiger partial charge in [0.2, 0.25) is 0 Å². The standard InChI is InChI=1S/C19H28N2O6/c1-18(2,3)26-16(24)12-21(17(25)27-19(4,5)6)14-9-7-8-13(10-14)20-11-15(22)23/h7-10,20H,11-12H2,1-6H3,(H,22,23). The van der Waals surface area contributed by atoms with Crippen LogP contribution in [0.1, 0.15) is 41.5 Å². The zero-order valence-electron chi connectivity index (χ0n) is 16.7. The largest absolute Gasteiger partial charge is 0.480 e. The van der Waals surface area contributed by atoms with Gasteiger partial charge < -0.3 is 19.9 Å². The third-order valence-electron chi connectivity index (χ3n) is 2.92. The first-order valence-corrected chi connectivity index (χ1v) is 8.55. The molecule has 1 rings (SSSR count). The molecule has 8 nitrogen and oxygen atoms in total. The number of amides is 1. The van der Waals surface area contributed by atoms with E-state index in [0.29, 0.717) is 11.4 Å². The van der Waals surface area contributed by atoms with E-state index in [9.17, 15) is 14.4 Å². The Morgan fingerprint density at radius 3 is 2.15 bits per heavy atom. The van der Waals surface area contributed by atoms with Crippen molar-refractivity contribution in [3.05, 3.63) is 24.3 Å². The first kappa shape index (κ1) is 22.3. The van der Waals surface area contributed by atoms with Gasteiger partial charge in [0.1, 0.15) is 24.3 Å². The molecule has 0 aromatic heterocycles. The molecule has 0 aliphatic rings. The van der Waals surface area contributed by atoms with Crippen molar-refractivity contribution in [3.8, 4) is 0 Å². The minimum absolute atomic E-state index is 0.276. The van der Waals surface area contributed by atoms with Crippen LogP contribution in [0.25, 0.3) is 0 Å². The van der Waals surface area contributed by atoms with Crippen molar-refractivity contribution in [3.63, 3.8) is 0 Å². The molecular weight excluding hydrogens is 352 g/mol. The number of anilines is 2. The van der Waals surface area contributed by atoms with Gasteiger partial charge in [-0.15, -0.1) is 0 Å². The monoisotopic (exact) mass is 380 g/mol. The SMILES string of the molecule is CC(C)(C)OC(=O)CN(C(=O)OC(C)(C)C)c1cccc(NCC(=O)O)c1. The van der Waals surface area contributed by atoms with Gasteiger partial charge in [-0.1, -0.05) is 6.07 Å². The summed E-state index contributed by atoms with van der Waals surface area (Å²) in [6, 6.07) is 6.50. The third kappa shape index (κ3) is 8.94. The van der Waals surface area contributed by atoms with Crippen molar-refractivity contribution in [2.75, 3.05) is 23.3 Å². The van der Waals surface area contributed by atoms with Gasteiger partial charge in [-0.3, -0.25) is 14.5 Å². The molecule has 0 saturated heterocycles. The fourth-order valence-electron chi connectivity index (χ4n) is 2.04. The van der Waals surface area contributed by atoms with Crippen LogP contribution in [0.3, 0.4) is 0 Å². The third-order valence-corrected chi connectivity index (χ3v) is 2.92. The lowest BCUT2D eigenvalue weighted by molar-refractivity contribution is -0.153. The molecule has 0 atom stereocenters. The molecule has 8 heteroatoms. The summed E-state index contributed by atoms with van der Waals surface area (Å²) in [5, 5.41) is 11.5. The van der Waals surface area contributed by atoms with Crippen LogP contribution in [0.15, 0.2) is 24.3 Å². The van der Waals surface area contributed by atoms with Crippen molar-refractivity contribution in [1.82, 2.24) is 0 Å². The van der Waals surface area contributed by atoms with Crippen molar-refractivity contribution < 1.29 is 29.0 Å². The number of aliphatic carboxylic acids is 1. The van der Waals surface area contributed by atoms with E-state index < -0.39 is 29.2 Å². The Kier molecular flexibility index (Phi) is 7.21. The lowest BCUT2D eigenvalue weighted by Crippen LogP contribution is -2.42. The van der Waals surface area contributed by atoms with E-state index in [2.05, 4.69) is 5.32 Å². The molecule has 2 N–H and O–H groups in total. The average molecular weight is 380 g/mol. The van der Waals surface area contributed by atoms with Crippen molar-refractivity contribution in [2.45, 2.75) is 52.7 Å². The second-order valence-electron chi connectivity index (χ2n) is 7.95. The van der Waals surface area contributed by atoms with E-state index in [1.54, 1.807) is 65.8 Å². The summed E-state index contributed by atoms with van der Waals surface area (Å²) in [5.74, 6) is -1.60. The highest BCUT2D eigenvalue weighted by Crippen LogP contribution is 2.22. The zero-order chi connectivity index (χ0) is 20.8. The highest BCUT2D eigenvalue weighted by atomic mass is 16.6. The Morgan fingerprint density at radius 2 is 1.63 bits per heavy atom. The molecule has 0 bridgehead atoms. The molecule has 1 amide bonds. The van der Waals surface area contributed by atoms with Crippen LogP contribution < -0.4 is 10.2 Å². The molecule has 27 heavy (non-hydrogen) atoms. The van der Waals surface area contributed by atoms with Crippen LogP contribution in [0.5, 0.6) is 0 Å². The lowest BCUT2D eigenvalue weighted by Gasteiger charge is -2.28. The minimum atomic E-state index is -1.02. The van der Waals surface area contributed by atoms with Gasteiger partial charge in [0, 0.05) is 11.4 Å². The molecule has 0 fully saturated rings. The van der Waals surface area contributed by atoms with E-state index in [-0.39, 0.29) is 13.1 Å². The summed E-state index contributed by atoms with van der Waals surface area (Å²) in [7, 11) is 0. The molecule has 0 saturated carbocycles. The van der Waals surface area contributed by atoms with E-state index in [1.165, 1.54) is 0 Å². The predicted molar refractivity (Wildman–Crippen MR) is 102 cm³/mol. The fourth-order valence-corrected chi connectivity index (χ4v) is 2.04.